The molecule has 0 saturated heterocycles. The lowest BCUT2D eigenvalue weighted by atomic mass is 10.2. The summed E-state index contributed by atoms with van der Waals surface area (Å²) in [7, 11) is 4.36. The van der Waals surface area contributed by atoms with Crippen LogP contribution in [0.4, 0.5) is 0 Å². The summed E-state index contributed by atoms with van der Waals surface area (Å²) in [5, 5.41) is 0. The van der Waals surface area contributed by atoms with E-state index < -0.39 is 5.97 Å². The van der Waals surface area contributed by atoms with Gasteiger partial charge < -0.3 is 9.47 Å². The predicted molar refractivity (Wildman–Crippen MR) is 50.2 cm³/mol. The fraction of sp³-hybridized carbons (Fsp3) is 0.400. The first-order valence-corrected chi connectivity index (χ1v) is 4.16. The number of methoxy groups -OCH3 is 2. The van der Waals surface area contributed by atoms with Gasteiger partial charge in [0.05, 0.1) is 7.11 Å². The third-order valence-corrected chi connectivity index (χ3v) is 1.86. The third-order valence-electron chi connectivity index (χ3n) is 1.86. The van der Waals surface area contributed by atoms with E-state index in [4.69, 9.17) is 14.4 Å². The fourth-order valence-electron chi connectivity index (χ4n) is 1.19. The molecule has 0 fully saturated rings. The highest BCUT2D eigenvalue weighted by Crippen LogP contribution is 2.27. The van der Waals surface area contributed by atoms with Crippen LogP contribution in [-0.2, 0) is 25.2 Å². The van der Waals surface area contributed by atoms with Crippen LogP contribution in [0.1, 0.15) is 5.56 Å². The van der Waals surface area contributed by atoms with Gasteiger partial charge in [-0.2, -0.15) is 4.89 Å². The molecule has 78 valence electrons. The molecule has 0 spiro atoms. The quantitative estimate of drug-likeness (QED) is 0.409. The number of benzene rings is 1. The summed E-state index contributed by atoms with van der Waals surface area (Å²) < 4.78 is 10.3. The number of rotatable bonds is 5. The van der Waals surface area contributed by atoms with Crippen molar-refractivity contribution in [3.8, 4) is 0 Å². The highest BCUT2D eigenvalue weighted by molar-refractivity contribution is 5.18. The molecule has 0 aliphatic carbocycles. The molecule has 0 unspecified atom stereocenters. The lowest BCUT2D eigenvalue weighted by Crippen LogP contribution is -2.33. The molecule has 1 rings (SSSR count). The van der Waals surface area contributed by atoms with Crippen LogP contribution in [0.5, 0.6) is 0 Å². The van der Waals surface area contributed by atoms with Gasteiger partial charge in [-0.15, -0.1) is 0 Å². The van der Waals surface area contributed by atoms with E-state index in [0.29, 0.717) is 0 Å². The Kier molecular flexibility index (Phi) is 4.03. The van der Waals surface area contributed by atoms with E-state index in [0.717, 1.165) is 5.56 Å². The molecule has 0 saturated carbocycles. The maximum Gasteiger partial charge on any atom is 0.339 e. The SMILES string of the molecule is COOC(OC)(OC)c1ccccc1. The number of hydrogen-bond donors (Lipinski definition) is 0. The normalized spacial score (nSPS) is 11.6. The minimum absolute atomic E-state index is 0.729. The van der Waals surface area contributed by atoms with Crippen molar-refractivity contribution >= 4 is 0 Å². The van der Waals surface area contributed by atoms with Gasteiger partial charge in [0, 0.05) is 19.8 Å². The van der Waals surface area contributed by atoms with E-state index in [1.54, 1.807) is 0 Å². The van der Waals surface area contributed by atoms with Crippen LogP contribution in [0.2, 0.25) is 0 Å². The molecule has 4 heteroatoms. The Labute approximate surface area is 83.3 Å². The molecule has 0 atom stereocenters. The van der Waals surface area contributed by atoms with E-state index in [2.05, 4.69) is 4.89 Å². The van der Waals surface area contributed by atoms with Crippen molar-refractivity contribution in [2.75, 3.05) is 21.3 Å². The zero-order valence-corrected chi connectivity index (χ0v) is 8.52. The number of hydrogen-bond acceptors (Lipinski definition) is 4. The average Bonchev–Trinajstić information content (AvgIpc) is 2.27. The Hall–Kier alpha value is -0.940. The van der Waals surface area contributed by atoms with Crippen molar-refractivity contribution in [3.05, 3.63) is 35.9 Å². The Morgan fingerprint density at radius 2 is 1.50 bits per heavy atom. The van der Waals surface area contributed by atoms with E-state index in [1.165, 1.54) is 21.3 Å². The van der Waals surface area contributed by atoms with Gasteiger partial charge in [0.2, 0.25) is 0 Å². The van der Waals surface area contributed by atoms with Gasteiger partial charge in [-0.05, 0) is 0 Å². The molecule has 14 heavy (non-hydrogen) atoms. The zero-order chi connectivity index (χ0) is 10.4. The van der Waals surface area contributed by atoms with Gasteiger partial charge in [-0.25, -0.2) is 4.89 Å². The van der Waals surface area contributed by atoms with Crippen molar-refractivity contribution in [3.63, 3.8) is 0 Å². The summed E-state index contributed by atoms with van der Waals surface area (Å²) >= 11 is 0. The Morgan fingerprint density at radius 3 is 1.93 bits per heavy atom. The summed E-state index contributed by atoms with van der Waals surface area (Å²) in [6.45, 7) is 0. The molecule has 1 aromatic rings. The van der Waals surface area contributed by atoms with Gasteiger partial charge in [0.1, 0.15) is 0 Å². The van der Waals surface area contributed by atoms with Crippen LogP contribution in [0.3, 0.4) is 0 Å². The second-order valence-corrected chi connectivity index (χ2v) is 2.58. The predicted octanol–water partition coefficient (Wildman–Crippen LogP) is 1.67. The fourth-order valence-corrected chi connectivity index (χ4v) is 1.19. The highest BCUT2D eigenvalue weighted by atomic mass is 17.3. The molecule has 0 radical (unpaired) electrons. The highest BCUT2D eigenvalue weighted by Gasteiger charge is 2.34. The molecular formula is C10H14O4. The van der Waals surface area contributed by atoms with Crippen LogP contribution in [-0.4, -0.2) is 21.3 Å². The van der Waals surface area contributed by atoms with E-state index in [1.807, 2.05) is 30.3 Å². The van der Waals surface area contributed by atoms with Gasteiger partial charge in [0.25, 0.3) is 0 Å². The summed E-state index contributed by atoms with van der Waals surface area (Å²) in [6, 6.07) is 9.27. The molecule has 0 heterocycles. The minimum Gasteiger partial charge on any atom is -0.325 e. The summed E-state index contributed by atoms with van der Waals surface area (Å²) in [5.74, 6) is -1.30. The first-order chi connectivity index (χ1) is 6.79. The smallest absolute Gasteiger partial charge is 0.325 e. The topological polar surface area (TPSA) is 36.9 Å². The van der Waals surface area contributed by atoms with Crippen molar-refractivity contribution in [2.24, 2.45) is 0 Å². The van der Waals surface area contributed by atoms with Crippen LogP contribution >= 0.6 is 0 Å². The van der Waals surface area contributed by atoms with Crippen molar-refractivity contribution < 1.29 is 19.2 Å². The second-order valence-electron chi connectivity index (χ2n) is 2.58. The maximum atomic E-state index is 5.14. The van der Waals surface area contributed by atoms with Gasteiger partial charge >= 0.3 is 5.97 Å². The molecule has 1 aromatic carbocycles. The van der Waals surface area contributed by atoms with Crippen molar-refractivity contribution in [1.82, 2.24) is 0 Å². The summed E-state index contributed by atoms with van der Waals surface area (Å²) in [5.41, 5.74) is 0.729. The first kappa shape index (κ1) is 11.1. The van der Waals surface area contributed by atoms with Crippen LogP contribution < -0.4 is 0 Å². The monoisotopic (exact) mass is 198 g/mol. The number of ether oxygens (including phenoxy) is 2. The Bertz CT molecular complexity index is 256. The lowest BCUT2D eigenvalue weighted by molar-refractivity contribution is -0.501. The first-order valence-electron chi connectivity index (χ1n) is 4.16. The van der Waals surface area contributed by atoms with Crippen molar-refractivity contribution in [1.29, 1.82) is 0 Å². The molecule has 0 aromatic heterocycles. The van der Waals surface area contributed by atoms with E-state index in [-0.39, 0.29) is 0 Å². The van der Waals surface area contributed by atoms with E-state index >= 15 is 0 Å². The molecule has 0 aliphatic heterocycles. The summed E-state index contributed by atoms with van der Waals surface area (Å²) in [4.78, 5) is 9.56. The Morgan fingerprint density at radius 1 is 0.929 bits per heavy atom. The molecule has 0 aliphatic rings. The largest absolute Gasteiger partial charge is 0.339 e. The molecule has 4 nitrogen and oxygen atoms in total. The average molecular weight is 198 g/mol. The van der Waals surface area contributed by atoms with Crippen LogP contribution in [0.15, 0.2) is 30.3 Å². The van der Waals surface area contributed by atoms with Gasteiger partial charge in [0.15, 0.2) is 0 Å². The minimum atomic E-state index is -1.30. The molecule has 0 amide bonds. The van der Waals surface area contributed by atoms with Crippen molar-refractivity contribution in [2.45, 2.75) is 5.97 Å². The molecule has 0 N–H and O–H groups in total. The Balaban J connectivity index is 2.98. The third kappa shape index (κ3) is 2.10. The van der Waals surface area contributed by atoms with Crippen LogP contribution in [0.25, 0.3) is 0 Å². The maximum absolute atomic E-state index is 5.14. The zero-order valence-electron chi connectivity index (χ0n) is 8.52. The van der Waals surface area contributed by atoms with Gasteiger partial charge in [-0.1, -0.05) is 30.3 Å². The molecular weight excluding hydrogens is 184 g/mol. The van der Waals surface area contributed by atoms with Gasteiger partial charge in [-0.3, -0.25) is 0 Å². The molecule has 0 bridgehead atoms. The van der Waals surface area contributed by atoms with Crippen LogP contribution in [0, 0.1) is 0 Å². The standard InChI is InChI=1S/C10H14O4/c1-11-10(12-2,14-13-3)9-7-5-4-6-8-9/h4-8H,1-3H3. The summed E-state index contributed by atoms with van der Waals surface area (Å²) in [6.07, 6.45) is 0. The van der Waals surface area contributed by atoms with E-state index in [9.17, 15) is 0 Å². The second kappa shape index (κ2) is 5.07. The lowest BCUT2D eigenvalue weighted by Gasteiger charge is -2.28.